The Hall–Kier alpha value is -3.42. The predicted molar refractivity (Wildman–Crippen MR) is 78.2 cm³/mol. The lowest BCUT2D eigenvalue weighted by atomic mass is 10.3. The van der Waals surface area contributed by atoms with Crippen LogP contribution in [0.4, 0.5) is 11.4 Å². The average molecular weight is 303 g/mol. The normalized spacial score (nSPS) is 9.82. The molecule has 0 aliphatic rings. The van der Waals surface area contributed by atoms with Gasteiger partial charge in [0.05, 0.1) is 11.4 Å². The molecule has 0 fully saturated rings. The summed E-state index contributed by atoms with van der Waals surface area (Å²) >= 11 is 0. The van der Waals surface area contributed by atoms with Gasteiger partial charge in [0.25, 0.3) is 0 Å². The minimum Gasteiger partial charge on any atom is -0.508 e. The van der Waals surface area contributed by atoms with E-state index in [9.17, 15) is 24.9 Å². The van der Waals surface area contributed by atoms with Gasteiger partial charge >= 0.3 is 5.91 Å². The molecule has 0 spiro atoms. The topological polar surface area (TPSA) is 122 Å². The standard InChI is InChI=1S/C14H13N3O5/c18-8-14(22)16-17(10-4-5-12(20)13(21)7-10)15-9-2-1-3-11(19)6-9/h1-8,15,19-21H,(H,16,22). The van der Waals surface area contributed by atoms with E-state index < -0.39 is 11.7 Å². The third-order valence-electron chi connectivity index (χ3n) is 2.63. The molecule has 0 bridgehead atoms. The summed E-state index contributed by atoms with van der Waals surface area (Å²) < 4.78 is 0. The lowest BCUT2D eigenvalue weighted by molar-refractivity contribution is -0.131. The summed E-state index contributed by atoms with van der Waals surface area (Å²) in [5, 5.41) is 29.3. The Morgan fingerprint density at radius 3 is 2.45 bits per heavy atom. The first-order valence-corrected chi connectivity index (χ1v) is 6.13. The van der Waals surface area contributed by atoms with E-state index in [2.05, 4.69) is 10.9 Å². The maximum absolute atomic E-state index is 11.3. The van der Waals surface area contributed by atoms with Crippen molar-refractivity contribution in [1.29, 1.82) is 0 Å². The molecule has 2 aromatic carbocycles. The fourth-order valence-corrected chi connectivity index (χ4v) is 1.65. The molecular formula is C14H13N3O5. The molecule has 0 saturated carbocycles. The highest BCUT2D eigenvalue weighted by Crippen LogP contribution is 2.29. The van der Waals surface area contributed by atoms with Gasteiger partial charge in [0, 0.05) is 12.1 Å². The molecule has 0 unspecified atom stereocenters. The molecule has 0 aromatic heterocycles. The van der Waals surface area contributed by atoms with Crippen LogP contribution in [0.5, 0.6) is 17.2 Å². The Morgan fingerprint density at radius 1 is 1.05 bits per heavy atom. The number of aldehydes is 1. The van der Waals surface area contributed by atoms with E-state index >= 15 is 0 Å². The van der Waals surface area contributed by atoms with E-state index in [4.69, 9.17) is 0 Å². The van der Waals surface area contributed by atoms with Crippen LogP contribution in [0.25, 0.3) is 0 Å². The van der Waals surface area contributed by atoms with Crippen LogP contribution in [-0.2, 0) is 9.59 Å². The van der Waals surface area contributed by atoms with Crippen molar-refractivity contribution in [3.63, 3.8) is 0 Å². The van der Waals surface area contributed by atoms with Crippen molar-refractivity contribution in [2.75, 3.05) is 10.5 Å². The number of nitrogens with one attached hydrogen (secondary N) is 2. The highest BCUT2D eigenvalue weighted by atomic mass is 16.3. The van der Waals surface area contributed by atoms with Gasteiger partial charge in [-0.1, -0.05) is 6.07 Å². The maximum Gasteiger partial charge on any atom is 0.304 e. The molecule has 0 saturated heterocycles. The SMILES string of the molecule is O=CC(=O)NN(Nc1cccc(O)c1)c1ccc(O)c(O)c1. The number of phenols is 3. The van der Waals surface area contributed by atoms with Gasteiger partial charge in [-0.15, -0.1) is 0 Å². The summed E-state index contributed by atoms with van der Waals surface area (Å²) in [6.07, 6.45) is 0.0808. The van der Waals surface area contributed by atoms with Crippen molar-refractivity contribution in [2.24, 2.45) is 0 Å². The molecule has 8 heteroatoms. The Balaban J connectivity index is 2.31. The molecule has 0 aliphatic heterocycles. The predicted octanol–water partition coefficient (Wildman–Crippen LogP) is 0.867. The van der Waals surface area contributed by atoms with Crippen LogP contribution in [0.2, 0.25) is 0 Å². The van der Waals surface area contributed by atoms with E-state index in [1.165, 1.54) is 30.3 Å². The van der Waals surface area contributed by atoms with Gasteiger partial charge in [-0.2, -0.15) is 5.12 Å². The molecular weight excluding hydrogens is 290 g/mol. The van der Waals surface area contributed by atoms with Crippen molar-refractivity contribution in [3.05, 3.63) is 42.5 Å². The van der Waals surface area contributed by atoms with E-state index in [1.807, 2.05) is 0 Å². The van der Waals surface area contributed by atoms with Gasteiger partial charge < -0.3 is 15.3 Å². The fourth-order valence-electron chi connectivity index (χ4n) is 1.65. The number of hydrazine groups is 2. The van der Waals surface area contributed by atoms with Crippen LogP contribution in [0, 0.1) is 0 Å². The molecule has 5 N–H and O–H groups in total. The summed E-state index contributed by atoms with van der Waals surface area (Å²) in [6.45, 7) is 0. The molecule has 0 heterocycles. The first-order valence-electron chi connectivity index (χ1n) is 6.13. The second-order valence-electron chi connectivity index (χ2n) is 4.26. The lowest BCUT2D eigenvalue weighted by Gasteiger charge is -2.26. The van der Waals surface area contributed by atoms with Gasteiger partial charge in [0.15, 0.2) is 11.5 Å². The van der Waals surface area contributed by atoms with Crippen LogP contribution in [0.3, 0.4) is 0 Å². The van der Waals surface area contributed by atoms with E-state index in [-0.39, 0.29) is 23.5 Å². The smallest absolute Gasteiger partial charge is 0.304 e. The van der Waals surface area contributed by atoms with Crippen molar-refractivity contribution in [3.8, 4) is 17.2 Å². The summed E-state index contributed by atoms with van der Waals surface area (Å²) in [5.74, 6) is -1.66. The van der Waals surface area contributed by atoms with E-state index in [0.29, 0.717) is 5.69 Å². The largest absolute Gasteiger partial charge is 0.508 e. The van der Waals surface area contributed by atoms with Crippen LogP contribution >= 0.6 is 0 Å². The molecule has 0 aliphatic carbocycles. The van der Waals surface area contributed by atoms with Gasteiger partial charge in [0.1, 0.15) is 5.75 Å². The second kappa shape index (κ2) is 6.35. The number of nitrogens with zero attached hydrogens (tertiary/aromatic N) is 1. The number of phenolic OH excluding ortho intramolecular Hbond substituents is 3. The number of hydrogen-bond donors (Lipinski definition) is 5. The van der Waals surface area contributed by atoms with Crippen LogP contribution in [-0.4, -0.2) is 27.5 Å². The monoisotopic (exact) mass is 303 g/mol. The van der Waals surface area contributed by atoms with Crippen LogP contribution < -0.4 is 16.0 Å². The molecule has 0 radical (unpaired) electrons. The lowest BCUT2D eigenvalue weighted by Crippen LogP contribution is -2.46. The minimum absolute atomic E-state index is 0.000201. The van der Waals surface area contributed by atoms with E-state index in [0.717, 1.165) is 5.12 Å². The zero-order valence-electron chi connectivity index (χ0n) is 11.2. The maximum atomic E-state index is 11.3. The molecule has 8 nitrogen and oxygen atoms in total. The Labute approximate surface area is 125 Å². The number of hydrogen-bond acceptors (Lipinski definition) is 7. The number of benzene rings is 2. The molecule has 2 rings (SSSR count). The van der Waals surface area contributed by atoms with Crippen molar-refractivity contribution in [2.45, 2.75) is 0 Å². The summed E-state index contributed by atoms with van der Waals surface area (Å²) in [5.41, 5.74) is 5.64. The third kappa shape index (κ3) is 3.57. The van der Waals surface area contributed by atoms with Gasteiger partial charge in [-0.25, -0.2) is 5.43 Å². The molecule has 0 atom stereocenters. The van der Waals surface area contributed by atoms with Crippen molar-refractivity contribution < 1.29 is 24.9 Å². The van der Waals surface area contributed by atoms with Crippen LogP contribution in [0.15, 0.2) is 42.5 Å². The van der Waals surface area contributed by atoms with Gasteiger partial charge in [-0.05, 0) is 24.3 Å². The number of aromatic hydroxyl groups is 3. The number of carbonyl (C=O) groups is 2. The Bertz CT molecular complexity index is 705. The third-order valence-corrected chi connectivity index (χ3v) is 2.63. The summed E-state index contributed by atoms with van der Waals surface area (Å²) in [7, 11) is 0. The highest BCUT2D eigenvalue weighted by molar-refractivity contribution is 6.24. The average Bonchev–Trinajstić information content (AvgIpc) is 2.49. The van der Waals surface area contributed by atoms with Gasteiger partial charge in [0.2, 0.25) is 6.29 Å². The first kappa shape index (κ1) is 15.0. The highest BCUT2D eigenvalue weighted by Gasteiger charge is 2.12. The number of amides is 1. The molecule has 1 amide bonds. The fraction of sp³-hybridized carbons (Fsp3) is 0. The quantitative estimate of drug-likeness (QED) is 0.240. The Kier molecular flexibility index (Phi) is 4.33. The number of carbonyl (C=O) groups excluding carboxylic acids is 2. The summed E-state index contributed by atoms with van der Waals surface area (Å²) in [6, 6.07) is 9.83. The van der Waals surface area contributed by atoms with Crippen molar-refractivity contribution >= 4 is 23.6 Å². The van der Waals surface area contributed by atoms with E-state index in [1.54, 1.807) is 12.1 Å². The second-order valence-corrected chi connectivity index (χ2v) is 4.26. The van der Waals surface area contributed by atoms with Crippen LogP contribution in [0.1, 0.15) is 0 Å². The zero-order valence-corrected chi connectivity index (χ0v) is 11.2. The number of rotatable bonds is 5. The first-order chi connectivity index (χ1) is 10.5. The van der Waals surface area contributed by atoms with Crippen molar-refractivity contribution in [1.82, 2.24) is 5.43 Å². The summed E-state index contributed by atoms with van der Waals surface area (Å²) in [4.78, 5) is 21.8. The molecule has 22 heavy (non-hydrogen) atoms. The Morgan fingerprint density at radius 2 is 1.82 bits per heavy atom. The van der Waals surface area contributed by atoms with Gasteiger partial charge in [-0.3, -0.25) is 15.0 Å². The number of anilines is 2. The molecule has 2 aromatic rings. The minimum atomic E-state index is -0.930. The zero-order chi connectivity index (χ0) is 16.1. The molecule has 114 valence electrons.